The van der Waals surface area contributed by atoms with Crippen LogP contribution < -0.4 is 9.64 Å². The molecule has 3 aromatic carbocycles. The van der Waals surface area contributed by atoms with Gasteiger partial charge >= 0.3 is 0 Å². The Morgan fingerprint density at radius 1 is 0.909 bits per heavy atom. The van der Waals surface area contributed by atoms with E-state index in [0.29, 0.717) is 12.6 Å². The van der Waals surface area contributed by atoms with Gasteiger partial charge in [0.15, 0.2) is 0 Å². The lowest BCUT2D eigenvalue weighted by Crippen LogP contribution is -2.48. The van der Waals surface area contributed by atoms with E-state index >= 15 is 0 Å². The van der Waals surface area contributed by atoms with Crippen LogP contribution >= 0.6 is 0 Å². The average Bonchev–Trinajstić information content (AvgIpc) is 2.85. The molecule has 1 saturated heterocycles. The third kappa shape index (κ3) is 6.97. The molecule has 0 bridgehead atoms. The first-order valence-electron chi connectivity index (χ1n) is 12.1. The fourth-order valence-electron chi connectivity index (χ4n) is 4.49. The third-order valence-electron chi connectivity index (χ3n) is 6.28. The molecular formula is C30H36N2O. The molecule has 0 radical (unpaired) electrons. The Bertz CT molecular complexity index is 994. The molecule has 0 aliphatic carbocycles. The molecule has 172 valence electrons. The summed E-state index contributed by atoms with van der Waals surface area (Å²) in [5, 5.41) is 0. The number of allylic oxidation sites excluding steroid dienone is 1. The zero-order chi connectivity index (χ0) is 22.9. The summed E-state index contributed by atoms with van der Waals surface area (Å²) >= 11 is 0. The Morgan fingerprint density at radius 3 is 2.24 bits per heavy atom. The van der Waals surface area contributed by atoms with Gasteiger partial charge in [0.1, 0.15) is 12.4 Å². The van der Waals surface area contributed by atoms with E-state index in [4.69, 9.17) is 4.74 Å². The molecule has 1 unspecified atom stereocenters. The van der Waals surface area contributed by atoms with Crippen LogP contribution in [0.2, 0.25) is 0 Å². The summed E-state index contributed by atoms with van der Waals surface area (Å²) in [6.45, 7) is 9.20. The number of hydrogen-bond donors (Lipinski definition) is 0. The summed E-state index contributed by atoms with van der Waals surface area (Å²) in [7, 11) is 0. The minimum atomic E-state index is 0.508. The highest BCUT2D eigenvalue weighted by atomic mass is 16.5. The fraction of sp³-hybridized carbons (Fsp3) is 0.333. The van der Waals surface area contributed by atoms with Crippen LogP contribution in [0.15, 0.2) is 96.6 Å². The molecule has 3 heteroatoms. The lowest BCUT2D eigenvalue weighted by atomic mass is 10.0. The van der Waals surface area contributed by atoms with Gasteiger partial charge < -0.3 is 9.64 Å². The zero-order valence-corrected chi connectivity index (χ0v) is 20.0. The summed E-state index contributed by atoms with van der Waals surface area (Å²) in [5.41, 5.74) is 5.22. The summed E-state index contributed by atoms with van der Waals surface area (Å²) in [5.74, 6) is 0.916. The highest BCUT2D eigenvalue weighted by Gasteiger charge is 2.25. The minimum absolute atomic E-state index is 0.508. The van der Waals surface area contributed by atoms with E-state index in [-0.39, 0.29) is 0 Å². The molecule has 3 nitrogen and oxygen atoms in total. The number of piperidine rings is 1. The number of likely N-dealkylation sites (tertiary alicyclic amines) is 1. The molecule has 0 N–H and O–H groups in total. The van der Waals surface area contributed by atoms with E-state index in [2.05, 4.69) is 96.5 Å². The molecular weight excluding hydrogens is 404 g/mol. The average molecular weight is 441 g/mol. The van der Waals surface area contributed by atoms with Crippen LogP contribution in [0.25, 0.3) is 0 Å². The van der Waals surface area contributed by atoms with Crippen LogP contribution in [0, 0.1) is 0 Å². The molecule has 1 atom stereocenters. The molecule has 1 aliphatic heterocycles. The van der Waals surface area contributed by atoms with E-state index in [9.17, 15) is 0 Å². The van der Waals surface area contributed by atoms with E-state index in [1.807, 2.05) is 18.2 Å². The molecule has 1 fully saturated rings. The van der Waals surface area contributed by atoms with Crippen LogP contribution in [0.4, 0.5) is 5.69 Å². The molecule has 33 heavy (non-hydrogen) atoms. The van der Waals surface area contributed by atoms with Gasteiger partial charge in [0.25, 0.3) is 0 Å². The van der Waals surface area contributed by atoms with Crippen LogP contribution in [0.5, 0.6) is 5.75 Å². The molecule has 3 aromatic rings. The Kier molecular flexibility index (Phi) is 8.21. The molecule has 4 rings (SSSR count). The Labute approximate surface area is 199 Å². The van der Waals surface area contributed by atoms with Crippen LogP contribution in [0.1, 0.15) is 37.8 Å². The lowest BCUT2D eigenvalue weighted by Gasteiger charge is -2.40. The molecule has 0 saturated carbocycles. The lowest BCUT2D eigenvalue weighted by molar-refractivity contribution is 0.197. The van der Waals surface area contributed by atoms with Gasteiger partial charge in [-0.25, -0.2) is 0 Å². The molecule has 0 spiro atoms. The first-order chi connectivity index (χ1) is 16.2. The number of ether oxygens (including phenoxy) is 1. The Hall–Kier alpha value is -3.04. The van der Waals surface area contributed by atoms with E-state index in [0.717, 1.165) is 25.4 Å². The van der Waals surface area contributed by atoms with Gasteiger partial charge in [0.2, 0.25) is 0 Å². The largest absolute Gasteiger partial charge is 0.489 e. The predicted molar refractivity (Wildman–Crippen MR) is 139 cm³/mol. The summed E-state index contributed by atoms with van der Waals surface area (Å²) in [4.78, 5) is 5.18. The summed E-state index contributed by atoms with van der Waals surface area (Å²) < 4.78 is 6.02. The first kappa shape index (κ1) is 23.1. The van der Waals surface area contributed by atoms with Gasteiger partial charge in [-0.15, -0.1) is 0 Å². The van der Waals surface area contributed by atoms with E-state index in [1.165, 1.54) is 41.8 Å². The number of rotatable bonds is 9. The Morgan fingerprint density at radius 2 is 1.58 bits per heavy atom. The number of nitrogens with zero attached hydrogens (tertiary/aromatic N) is 2. The fourth-order valence-corrected chi connectivity index (χ4v) is 4.49. The van der Waals surface area contributed by atoms with Crippen LogP contribution in [-0.2, 0) is 13.2 Å². The quantitative estimate of drug-likeness (QED) is 0.344. The van der Waals surface area contributed by atoms with Crippen molar-refractivity contribution in [3.63, 3.8) is 0 Å². The van der Waals surface area contributed by atoms with Crippen molar-refractivity contribution in [3.05, 3.63) is 108 Å². The van der Waals surface area contributed by atoms with Crippen molar-refractivity contribution in [2.75, 3.05) is 24.5 Å². The molecule has 0 aromatic heterocycles. The number of hydrogen-bond acceptors (Lipinski definition) is 3. The molecule has 1 heterocycles. The van der Waals surface area contributed by atoms with Gasteiger partial charge in [-0.1, -0.05) is 72.3 Å². The second kappa shape index (κ2) is 11.7. The predicted octanol–water partition coefficient (Wildman–Crippen LogP) is 6.70. The first-order valence-corrected chi connectivity index (χ1v) is 12.1. The monoisotopic (exact) mass is 440 g/mol. The highest BCUT2D eigenvalue weighted by molar-refractivity contribution is 5.51. The van der Waals surface area contributed by atoms with Crippen LogP contribution in [0.3, 0.4) is 0 Å². The van der Waals surface area contributed by atoms with E-state index in [1.54, 1.807) is 0 Å². The molecule has 0 amide bonds. The zero-order valence-electron chi connectivity index (χ0n) is 20.0. The standard InChI is InChI=1S/C30H36N2O/c1-25(2)19-21-32(29-14-9-20-31(23-29)22-26-10-5-3-6-11-26)28-15-17-30(18-16-28)33-24-27-12-7-4-8-13-27/h3-8,10-13,15-19,29H,9,14,20-24H2,1-2H3. The maximum atomic E-state index is 6.02. The maximum Gasteiger partial charge on any atom is 0.119 e. The SMILES string of the molecule is CC(C)=CCN(c1ccc(OCc2ccccc2)cc1)C1CCCN(Cc2ccccc2)C1. The van der Waals surface area contributed by atoms with Crippen molar-refractivity contribution >= 4 is 5.69 Å². The topological polar surface area (TPSA) is 15.7 Å². The Balaban J connectivity index is 1.44. The van der Waals surface area contributed by atoms with Crippen molar-refractivity contribution < 1.29 is 4.74 Å². The summed E-state index contributed by atoms with van der Waals surface area (Å²) in [6.07, 6.45) is 4.81. The van der Waals surface area contributed by atoms with Gasteiger partial charge in [0, 0.05) is 31.4 Å². The third-order valence-corrected chi connectivity index (χ3v) is 6.28. The highest BCUT2D eigenvalue weighted by Crippen LogP contribution is 2.26. The summed E-state index contributed by atoms with van der Waals surface area (Å²) in [6, 6.07) is 30.3. The maximum absolute atomic E-state index is 6.02. The number of anilines is 1. The minimum Gasteiger partial charge on any atom is -0.489 e. The van der Waals surface area contributed by atoms with Crippen molar-refractivity contribution in [2.24, 2.45) is 0 Å². The van der Waals surface area contributed by atoms with Gasteiger partial charge in [-0.3, -0.25) is 4.90 Å². The van der Waals surface area contributed by atoms with Gasteiger partial charge in [0.05, 0.1) is 0 Å². The second-order valence-electron chi connectivity index (χ2n) is 9.22. The van der Waals surface area contributed by atoms with Crippen molar-refractivity contribution in [2.45, 2.75) is 45.9 Å². The van der Waals surface area contributed by atoms with Crippen molar-refractivity contribution in [1.29, 1.82) is 0 Å². The number of benzene rings is 3. The van der Waals surface area contributed by atoms with Crippen molar-refractivity contribution in [1.82, 2.24) is 4.90 Å². The van der Waals surface area contributed by atoms with E-state index < -0.39 is 0 Å². The van der Waals surface area contributed by atoms with Crippen molar-refractivity contribution in [3.8, 4) is 5.75 Å². The molecule has 1 aliphatic rings. The normalized spacial score (nSPS) is 16.2. The second-order valence-corrected chi connectivity index (χ2v) is 9.22. The van der Waals surface area contributed by atoms with Gasteiger partial charge in [-0.2, -0.15) is 0 Å². The van der Waals surface area contributed by atoms with Gasteiger partial charge in [-0.05, 0) is 68.6 Å². The van der Waals surface area contributed by atoms with Crippen LogP contribution in [-0.4, -0.2) is 30.6 Å². The smallest absolute Gasteiger partial charge is 0.119 e.